The van der Waals surface area contributed by atoms with Gasteiger partial charge in [0.15, 0.2) is 0 Å². The van der Waals surface area contributed by atoms with Crippen LogP contribution in [0.4, 0.5) is 9.59 Å². The first-order chi connectivity index (χ1) is 15.1. The van der Waals surface area contributed by atoms with E-state index in [4.69, 9.17) is 14.2 Å². The second kappa shape index (κ2) is 11.8. The highest BCUT2D eigenvalue weighted by molar-refractivity contribution is 6.59. The van der Waals surface area contributed by atoms with E-state index in [0.29, 0.717) is 5.56 Å². The summed E-state index contributed by atoms with van der Waals surface area (Å²) in [7, 11) is -1.89. The van der Waals surface area contributed by atoms with Crippen LogP contribution in [-0.2, 0) is 20.7 Å². The van der Waals surface area contributed by atoms with Crippen molar-refractivity contribution in [2.24, 2.45) is 0 Å². The summed E-state index contributed by atoms with van der Waals surface area (Å²) in [6.45, 7) is 10.1. The third kappa shape index (κ3) is 10.9. The fourth-order valence-electron chi connectivity index (χ4n) is 2.63. The number of para-hydroxylation sites is 1. The minimum atomic E-state index is -1.89. The molecule has 1 aromatic rings. The Kier molecular flexibility index (Phi) is 9.99. The van der Waals surface area contributed by atoms with Crippen molar-refractivity contribution in [3.8, 4) is 5.75 Å². The molecule has 0 heterocycles. The molecule has 12 heteroatoms. The molecule has 0 bridgehead atoms. The number of hydrogen-bond acceptors (Lipinski definition) is 8. The first-order valence-corrected chi connectivity index (χ1v) is 10.4. The van der Waals surface area contributed by atoms with Crippen LogP contribution in [0.2, 0.25) is 0 Å². The summed E-state index contributed by atoms with van der Waals surface area (Å²) in [4.78, 5) is 35.5. The normalized spacial score (nSPS) is 12.4. The van der Waals surface area contributed by atoms with E-state index in [9.17, 15) is 29.5 Å². The number of carboxylic acids is 1. The summed E-state index contributed by atoms with van der Waals surface area (Å²) >= 11 is 0. The summed E-state index contributed by atoms with van der Waals surface area (Å²) in [6, 6.07) is 3.08. The van der Waals surface area contributed by atoms with E-state index >= 15 is 0 Å². The van der Waals surface area contributed by atoms with Crippen LogP contribution in [0.15, 0.2) is 18.2 Å². The van der Waals surface area contributed by atoms with Gasteiger partial charge >= 0.3 is 25.3 Å². The van der Waals surface area contributed by atoms with Gasteiger partial charge in [-0.1, -0.05) is 18.2 Å². The molecule has 1 atom stereocenters. The van der Waals surface area contributed by atoms with Crippen molar-refractivity contribution in [2.75, 3.05) is 13.2 Å². The number of alkyl carbamates (subject to hydrolysis) is 2. The number of hydrogen-bond donors (Lipinski definition) is 5. The van der Waals surface area contributed by atoms with Gasteiger partial charge < -0.3 is 40.0 Å². The van der Waals surface area contributed by atoms with Gasteiger partial charge in [-0.25, -0.2) is 14.4 Å². The van der Waals surface area contributed by atoms with E-state index in [-0.39, 0.29) is 30.8 Å². The number of benzene rings is 1. The lowest BCUT2D eigenvalue weighted by molar-refractivity contribution is -0.139. The average molecular weight is 468 g/mol. The van der Waals surface area contributed by atoms with Crippen LogP contribution in [-0.4, -0.2) is 70.8 Å². The molecule has 33 heavy (non-hydrogen) atoms. The Morgan fingerprint density at radius 3 is 2.09 bits per heavy atom. The van der Waals surface area contributed by atoms with E-state index in [2.05, 4.69) is 10.6 Å². The number of amides is 2. The molecule has 0 saturated carbocycles. The van der Waals surface area contributed by atoms with Gasteiger partial charge in [0.05, 0.1) is 6.54 Å². The second-order valence-corrected chi connectivity index (χ2v) is 9.23. The molecule has 1 rings (SSSR count). The van der Waals surface area contributed by atoms with Crippen LogP contribution in [0.25, 0.3) is 0 Å². The Balaban J connectivity index is 2.95. The maximum atomic E-state index is 12.0. The molecule has 0 saturated heterocycles. The molecule has 184 valence electrons. The lowest BCUT2D eigenvalue weighted by atomic mass is 9.78. The summed E-state index contributed by atoms with van der Waals surface area (Å²) in [5.41, 5.74) is -1.17. The van der Waals surface area contributed by atoms with Gasteiger partial charge in [0.1, 0.15) is 29.6 Å². The van der Waals surface area contributed by atoms with Gasteiger partial charge in [0, 0.05) is 11.9 Å². The summed E-state index contributed by atoms with van der Waals surface area (Å²) < 4.78 is 15.9. The number of carboxylic acid groups (broad SMARTS) is 1. The Hall–Kier alpha value is -2.99. The lowest BCUT2D eigenvalue weighted by Gasteiger charge is -2.23. The number of aliphatic carboxylic acids is 1. The van der Waals surface area contributed by atoms with E-state index in [1.807, 2.05) is 0 Å². The van der Waals surface area contributed by atoms with Crippen molar-refractivity contribution in [2.45, 2.75) is 65.2 Å². The molecular formula is C21H33BN2O9. The van der Waals surface area contributed by atoms with Crippen LogP contribution in [0.5, 0.6) is 5.75 Å². The molecule has 0 radical (unpaired) electrons. The fourth-order valence-corrected chi connectivity index (χ4v) is 2.63. The highest BCUT2D eigenvalue weighted by Crippen LogP contribution is 2.19. The molecule has 0 spiro atoms. The molecular weight excluding hydrogens is 435 g/mol. The van der Waals surface area contributed by atoms with Crippen LogP contribution in [0.3, 0.4) is 0 Å². The monoisotopic (exact) mass is 468 g/mol. The average Bonchev–Trinajstić information content (AvgIpc) is 2.62. The Morgan fingerprint density at radius 1 is 1.00 bits per heavy atom. The highest BCUT2D eigenvalue weighted by atomic mass is 16.6. The predicted octanol–water partition coefficient (Wildman–Crippen LogP) is 0.790. The van der Waals surface area contributed by atoms with Crippen molar-refractivity contribution in [1.82, 2.24) is 10.6 Å². The molecule has 0 aliphatic carbocycles. The summed E-state index contributed by atoms with van der Waals surface area (Å²) in [6.07, 6.45) is -1.77. The van der Waals surface area contributed by atoms with Gasteiger partial charge in [-0.05, 0) is 47.1 Å². The zero-order valence-electron chi connectivity index (χ0n) is 19.8. The van der Waals surface area contributed by atoms with Gasteiger partial charge in [0.25, 0.3) is 0 Å². The SMILES string of the molecule is CC(C)(C)OC(=O)NCCOc1c(C[C@H](NC(=O)OC(C)(C)C)C(=O)O)cccc1B(O)O. The maximum absolute atomic E-state index is 12.0. The van der Waals surface area contributed by atoms with Crippen molar-refractivity contribution in [3.63, 3.8) is 0 Å². The van der Waals surface area contributed by atoms with Gasteiger partial charge in [-0.2, -0.15) is 0 Å². The first kappa shape index (κ1) is 28.0. The van der Waals surface area contributed by atoms with E-state index < -0.39 is 42.5 Å². The van der Waals surface area contributed by atoms with Crippen LogP contribution in [0, 0.1) is 0 Å². The first-order valence-electron chi connectivity index (χ1n) is 10.4. The van der Waals surface area contributed by atoms with Gasteiger partial charge in [0.2, 0.25) is 0 Å². The van der Waals surface area contributed by atoms with Gasteiger partial charge in [-0.3, -0.25) is 0 Å². The topological polar surface area (TPSA) is 164 Å². The molecule has 0 aliphatic rings. The van der Waals surface area contributed by atoms with Crippen LogP contribution in [0.1, 0.15) is 47.1 Å². The number of rotatable bonds is 9. The zero-order chi connectivity index (χ0) is 25.4. The smallest absolute Gasteiger partial charge is 0.492 e. The van der Waals surface area contributed by atoms with E-state index in [1.165, 1.54) is 18.2 Å². The molecule has 0 fully saturated rings. The van der Waals surface area contributed by atoms with Crippen LogP contribution >= 0.6 is 0 Å². The van der Waals surface area contributed by atoms with Crippen molar-refractivity contribution in [1.29, 1.82) is 0 Å². The standard InChI is InChI=1S/C21H33BN2O9/c1-20(2,3)32-18(27)23-10-11-31-16-13(8-7-9-14(16)22(29)30)12-15(17(25)26)24-19(28)33-21(4,5)6/h7-9,15,29-30H,10-12H2,1-6H3,(H,23,27)(H,24,28)(H,25,26)/t15-/m0/s1. The lowest BCUT2D eigenvalue weighted by Crippen LogP contribution is -2.45. The maximum Gasteiger partial charge on any atom is 0.492 e. The minimum Gasteiger partial charge on any atom is -0.492 e. The zero-order valence-corrected chi connectivity index (χ0v) is 19.8. The fraction of sp³-hybridized carbons (Fsp3) is 0.571. The van der Waals surface area contributed by atoms with Crippen LogP contribution < -0.4 is 20.8 Å². The van der Waals surface area contributed by atoms with Crippen molar-refractivity contribution < 1.29 is 43.7 Å². The number of ether oxygens (including phenoxy) is 3. The predicted molar refractivity (Wildman–Crippen MR) is 120 cm³/mol. The van der Waals surface area contributed by atoms with Crippen molar-refractivity contribution in [3.05, 3.63) is 23.8 Å². The quantitative estimate of drug-likeness (QED) is 0.260. The van der Waals surface area contributed by atoms with E-state index in [0.717, 1.165) is 0 Å². The minimum absolute atomic E-state index is 0.00572. The molecule has 1 aromatic carbocycles. The Bertz CT molecular complexity index is 832. The molecule has 5 N–H and O–H groups in total. The van der Waals surface area contributed by atoms with Crippen molar-refractivity contribution >= 4 is 30.7 Å². The molecule has 11 nitrogen and oxygen atoms in total. The second-order valence-electron chi connectivity index (χ2n) is 9.23. The third-order valence-corrected chi connectivity index (χ3v) is 3.83. The summed E-state index contributed by atoms with van der Waals surface area (Å²) in [5, 5.41) is 33.7. The molecule has 0 aliphatic heterocycles. The highest BCUT2D eigenvalue weighted by Gasteiger charge is 2.27. The largest absolute Gasteiger partial charge is 0.492 e. The van der Waals surface area contributed by atoms with E-state index in [1.54, 1.807) is 41.5 Å². The molecule has 0 aromatic heterocycles. The Labute approximate surface area is 193 Å². The molecule has 0 unspecified atom stereocenters. The number of nitrogens with one attached hydrogen (secondary N) is 2. The summed E-state index contributed by atoms with van der Waals surface area (Å²) in [5.74, 6) is -1.27. The Morgan fingerprint density at radius 2 is 1.58 bits per heavy atom. The number of carbonyl (C=O) groups is 3. The third-order valence-electron chi connectivity index (χ3n) is 3.83. The van der Waals surface area contributed by atoms with Gasteiger partial charge in [-0.15, -0.1) is 0 Å². The molecule has 2 amide bonds. The number of carbonyl (C=O) groups excluding carboxylic acids is 2.